The van der Waals surface area contributed by atoms with Crippen molar-refractivity contribution in [3.05, 3.63) is 70.8 Å². The Morgan fingerprint density at radius 1 is 0.923 bits per heavy atom. The van der Waals surface area contributed by atoms with Crippen LogP contribution in [0.4, 0.5) is 4.79 Å². The molecule has 26 heavy (non-hydrogen) atoms. The van der Waals surface area contributed by atoms with E-state index in [0.29, 0.717) is 32.7 Å². The summed E-state index contributed by atoms with van der Waals surface area (Å²) in [5.74, 6) is 0.0480. The molecular formula is C21H25N3O2. The van der Waals surface area contributed by atoms with Gasteiger partial charge in [-0.1, -0.05) is 48.0 Å². The maximum atomic E-state index is 12.7. The monoisotopic (exact) mass is 351 g/mol. The van der Waals surface area contributed by atoms with Crippen molar-refractivity contribution in [1.29, 1.82) is 0 Å². The van der Waals surface area contributed by atoms with Gasteiger partial charge in [-0.25, -0.2) is 4.79 Å². The van der Waals surface area contributed by atoms with Crippen molar-refractivity contribution >= 4 is 11.9 Å². The number of piperazine rings is 1. The predicted molar refractivity (Wildman–Crippen MR) is 102 cm³/mol. The van der Waals surface area contributed by atoms with Crippen LogP contribution < -0.4 is 5.32 Å². The maximum Gasteiger partial charge on any atom is 0.317 e. The summed E-state index contributed by atoms with van der Waals surface area (Å²) in [5.41, 5.74) is 3.97. The Morgan fingerprint density at radius 3 is 2.23 bits per heavy atom. The predicted octanol–water partition coefficient (Wildman–Crippen LogP) is 2.97. The number of carbonyl (C=O) groups is 2. The van der Waals surface area contributed by atoms with E-state index in [1.54, 1.807) is 4.90 Å². The Bertz CT molecular complexity index is 781. The van der Waals surface area contributed by atoms with Crippen LogP contribution in [0.5, 0.6) is 0 Å². The Kier molecular flexibility index (Phi) is 5.56. The molecular weight excluding hydrogens is 326 g/mol. The number of hydrogen-bond donors (Lipinski definition) is 1. The van der Waals surface area contributed by atoms with Gasteiger partial charge in [-0.05, 0) is 31.0 Å². The zero-order valence-electron chi connectivity index (χ0n) is 15.4. The van der Waals surface area contributed by atoms with Gasteiger partial charge in [0.2, 0.25) is 0 Å². The van der Waals surface area contributed by atoms with Crippen LogP contribution in [0.15, 0.2) is 48.5 Å². The summed E-state index contributed by atoms with van der Waals surface area (Å²) in [6.45, 7) is 6.73. The fraction of sp³-hybridized carbons (Fsp3) is 0.333. The molecule has 3 amide bonds. The fourth-order valence-electron chi connectivity index (χ4n) is 3.22. The van der Waals surface area contributed by atoms with E-state index >= 15 is 0 Å². The first kappa shape index (κ1) is 18.0. The average Bonchev–Trinajstić information content (AvgIpc) is 2.66. The van der Waals surface area contributed by atoms with E-state index in [4.69, 9.17) is 0 Å². The van der Waals surface area contributed by atoms with Crippen molar-refractivity contribution in [1.82, 2.24) is 15.1 Å². The number of nitrogens with zero attached hydrogens (tertiary/aromatic N) is 2. The molecule has 136 valence electrons. The van der Waals surface area contributed by atoms with Crippen molar-refractivity contribution in [3.63, 3.8) is 0 Å². The van der Waals surface area contributed by atoms with Crippen LogP contribution in [0.25, 0.3) is 0 Å². The maximum absolute atomic E-state index is 12.7. The fourth-order valence-corrected chi connectivity index (χ4v) is 3.22. The summed E-state index contributed by atoms with van der Waals surface area (Å²) in [6.07, 6.45) is 0. The van der Waals surface area contributed by atoms with Gasteiger partial charge in [0.1, 0.15) is 0 Å². The first-order valence-corrected chi connectivity index (χ1v) is 8.98. The van der Waals surface area contributed by atoms with Crippen molar-refractivity contribution in [2.75, 3.05) is 26.2 Å². The van der Waals surface area contributed by atoms with E-state index in [-0.39, 0.29) is 11.9 Å². The number of urea groups is 1. The van der Waals surface area contributed by atoms with E-state index in [2.05, 4.69) is 5.32 Å². The Morgan fingerprint density at radius 2 is 1.58 bits per heavy atom. The highest BCUT2D eigenvalue weighted by molar-refractivity contribution is 5.95. The van der Waals surface area contributed by atoms with Crippen LogP contribution in [0.3, 0.4) is 0 Å². The lowest BCUT2D eigenvalue weighted by Crippen LogP contribution is -2.53. The number of carbonyl (C=O) groups excluding carboxylic acids is 2. The number of aryl methyl sites for hydroxylation is 2. The Balaban J connectivity index is 1.52. The van der Waals surface area contributed by atoms with Gasteiger partial charge in [0.15, 0.2) is 0 Å². The molecule has 0 bridgehead atoms. The molecule has 0 aromatic heterocycles. The van der Waals surface area contributed by atoms with Crippen LogP contribution in [0, 0.1) is 13.8 Å². The molecule has 1 heterocycles. The minimum absolute atomic E-state index is 0.0480. The summed E-state index contributed by atoms with van der Waals surface area (Å²) in [4.78, 5) is 28.7. The third-order valence-corrected chi connectivity index (χ3v) is 4.75. The highest BCUT2D eigenvalue weighted by Gasteiger charge is 2.25. The molecule has 0 spiro atoms. The molecule has 0 unspecified atom stereocenters. The zero-order chi connectivity index (χ0) is 18.5. The lowest BCUT2D eigenvalue weighted by molar-refractivity contribution is 0.0664. The summed E-state index contributed by atoms with van der Waals surface area (Å²) in [5, 5.41) is 2.94. The molecule has 5 heteroatoms. The summed E-state index contributed by atoms with van der Waals surface area (Å²) in [6, 6.07) is 15.7. The number of rotatable bonds is 3. The Hall–Kier alpha value is -2.82. The molecule has 1 N–H and O–H groups in total. The highest BCUT2D eigenvalue weighted by atomic mass is 16.2. The molecule has 1 saturated heterocycles. The molecule has 0 aliphatic carbocycles. The number of benzene rings is 2. The molecule has 0 radical (unpaired) electrons. The molecule has 2 aromatic rings. The molecule has 0 atom stereocenters. The Labute approximate surface area is 154 Å². The van der Waals surface area contributed by atoms with E-state index in [1.165, 1.54) is 0 Å². The van der Waals surface area contributed by atoms with Crippen LogP contribution in [0.2, 0.25) is 0 Å². The van der Waals surface area contributed by atoms with E-state index in [0.717, 1.165) is 22.3 Å². The van der Waals surface area contributed by atoms with Gasteiger partial charge >= 0.3 is 6.03 Å². The number of nitrogens with one attached hydrogen (secondary N) is 1. The zero-order valence-corrected chi connectivity index (χ0v) is 15.4. The van der Waals surface area contributed by atoms with E-state index in [9.17, 15) is 9.59 Å². The minimum atomic E-state index is -0.0764. The molecule has 3 rings (SSSR count). The standard InChI is InChI=1S/C21H25N3O2/c1-16-8-9-19(17(2)14-16)20(25)23-10-12-24(13-11-23)21(26)22-15-18-6-4-3-5-7-18/h3-9,14H,10-13,15H2,1-2H3,(H,22,26). The van der Waals surface area contributed by atoms with Crippen molar-refractivity contribution < 1.29 is 9.59 Å². The van der Waals surface area contributed by atoms with Gasteiger partial charge < -0.3 is 15.1 Å². The van der Waals surface area contributed by atoms with Gasteiger partial charge in [0, 0.05) is 38.3 Å². The molecule has 1 fully saturated rings. The second kappa shape index (κ2) is 8.04. The van der Waals surface area contributed by atoms with Gasteiger partial charge in [0.05, 0.1) is 0 Å². The lowest BCUT2D eigenvalue weighted by Gasteiger charge is -2.35. The second-order valence-electron chi connectivity index (χ2n) is 6.74. The van der Waals surface area contributed by atoms with E-state index < -0.39 is 0 Å². The molecule has 0 saturated carbocycles. The van der Waals surface area contributed by atoms with E-state index in [1.807, 2.05) is 67.3 Å². The smallest absolute Gasteiger partial charge is 0.317 e. The molecule has 2 aromatic carbocycles. The average molecular weight is 351 g/mol. The number of hydrogen-bond acceptors (Lipinski definition) is 2. The van der Waals surface area contributed by atoms with Gasteiger partial charge in [-0.2, -0.15) is 0 Å². The molecule has 1 aliphatic heterocycles. The summed E-state index contributed by atoms with van der Waals surface area (Å²) >= 11 is 0. The number of amides is 3. The van der Waals surface area contributed by atoms with Crippen LogP contribution in [0.1, 0.15) is 27.0 Å². The van der Waals surface area contributed by atoms with Gasteiger partial charge in [-0.15, -0.1) is 0 Å². The largest absolute Gasteiger partial charge is 0.335 e. The summed E-state index contributed by atoms with van der Waals surface area (Å²) in [7, 11) is 0. The van der Waals surface area contributed by atoms with Crippen LogP contribution >= 0.6 is 0 Å². The molecule has 5 nitrogen and oxygen atoms in total. The second-order valence-corrected chi connectivity index (χ2v) is 6.74. The van der Waals surface area contributed by atoms with Crippen molar-refractivity contribution in [2.24, 2.45) is 0 Å². The first-order valence-electron chi connectivity index (χ1n) is 8.98. The quantitative estimate of drug-likeness (QED) is 0.924. The lowest BCUT2D eigenvalue weighted by atomic mass is 10.0. The normalized spacial score (nSPS) is 14.2. The third-order valence-electron chi connectivity index (χ3n) is 4.75. The molecule has 1 aliphatic rings. The van der Waals surface area contributed by atoms with Crippen molar-refractivity contribution in [3.8, 4) is 0 Å². The topological polar surface area (TPSA) is 52.7 Å². The highest BCUT2D eigenvalue weighted by Crippen LogP contribution is 2.15. The SMILES string of the molecule is Cc1ccc(C(=O)N2CCN(C(=O)NCc3ccccc3)CC2)c(C)c1. The van der Waals surface area contributed by atoms with Crippen molar-refractivity contribution in [2.45, 2.75) is 20.4 Å². The minimum Gasteiger partial charge on any atom is -0.335 e. The summed E-state index contributed by atoms with van der Waals surface area (Å²) < 4.78 is 0. The van der Waals surface area contributed by atoms with Crippen LogP contribution in [-0.2, 0) is 6.54 Å². The van der Waals surface area contributed by atoms with Gasteiger partial charge in [-0.3, -0.25) is 4.79 Å². The van der Waals surface area contributed by atoms with Gasteiger partial charge in [0.25, 0.3) is 5.91 Å². The van der Waals surface area contributed by atoms with Crippen LogP contribution in [-0.4, -0.2) is 47.9 Å². The first-order chi connectivity index (χ1) is 12.5. The third kappa shape index (κ3) is 4.23.